The maximum absolute atomic E-state index is 5.94. The van der Waals surface area contributed by atoms with E-state index in [2.05, 4.69) is 43.4 Å². The minimum Gasteiger partial charge on any atom is -0.493 e. The van der Waals surface area contributed by atoms with Crippen molar-refractivity contribution in [2.75, 3.05) is 13.7 Å². The highest BCUT2D eigenvalue weighted by Crippen LogP contribution is 2.31. The van der Waals surface area contributed by atoms with Crippen LogP contribution in [0.3, 0.4) is 0 Å². The molecular formula is C21H29NO2. The Balaban J connectivity index is 2.05. The van der Waals surface area contributed by atoms with E-state index in [1.54, 1.807) is 7.11 Å². The molecule has 2 aromatic rings. The Labute approximate surface area is 146 Å². The van der Waals surface area contributed by atoms with Crippen molar-refractivity contribution < 1.29 is 9.47 Å². The van der Waals surface area contributed by atoms with Crippen LogP contribution in [0.15, 0.2) is 48.5 Å². The van der Waals surface area contributed by atoms with Gasteiger partial charge in [0.05, 0.1) is 7.11 Å². The second-order valence-corrected chi connectivity index (χ2v) is 5.95. The second-order valence-electron chi connectivity index (χ2n) is 5.95. The van der Waals surface area contributed by atoms with Gasteiger partial charge in [-0.25, -0.2) is 0 Å². The van der Waals surface area contributed by atoms with E-state index in [0.717, 1.165) is 30.0 Å². The maximum atomic E-state index is 5.94. The van der Waals surface area contributed by atoms with Gasteiger partial charge in [-0.3, -0.25) is 0 Å². The summed E-state index contributed by atoms with van der Waals surface area (Å²) in [4.78, 5) is 0. The normalized spacial score (nSPS) is 12.0. The molecule has 0 radical (unpaired) electrons. The number of benzene rings is 2. The molecule has 0 aliphatic carbocycles. The van der Waals surface area contributed by atoms with Crippen molar-refractivity contribution in [3.63, 3.8) is 0 Å². The lowest BCUT2D eigenvalue weighted by atomic mass is 10.0. The molecule has 0 bridgehead atoms. The summed E-state index contributed by atoms with van der Waals surface area (Å²) >= 11 is 0. The third-order valence-corrected chi connectivity index (χ3v) is 4.16. The van der Waals surface area contributed by atoms with Gasteiger partial charge in [0.25, 0.3) is 0 Å². The molecule has 2 aromatic carbocycles. The second kappa shape index (κ2) is 9.99. The minimum atomic E-state index is 0.355. The standard InChI is InChI=1S/C21H29NO2/c1-4-6-14-22-19(5-2)18-12-13-20(21(15-18)23-3)24-16-17-10-8-7-9-11-17/h7-13,15,19,22H,4-6,14,16H2,1-3H3/t19-/m0/s1. The van der Waals surface area contributed by atoms with Gasteiger partial charge in [-0.05, 0) is 42.6 Å². The Morgan fingerprint density at radius 1 is 1.00 bits per heavy atom. The average molecular weight is 327 g/mol. The smallest absolute Gasteiger partial charge is 0.161 e. The van der Waals surface area contributed by atoms with Crippen molar-refractivity contribution >= 4 is 0 Å². The van der Waals surface area contributed by atoms with E-state index >= 15 is 0 Å². The van der Waals surface area contributed by atoms with Crippen LogP contribution in [-0.4, -0.2) is 13.7 Å². The quantitative estimate of drug-likeness (QED) is 0.615. The van der Waals surface area contributed by atoms with Crippen molar-refractivity contribution in [1.29, 1.82) is 0 Å². The van der Waals surface area contributed by atoms with Gasteiger partial charge in [0.2, 0.25) is 0 Å². The SMILES string of the molecule is CCCCN[C@@H](CC)c1ccc(OCc2ccccc2)c(OC)c1. The molecule has 0 aromatic heterocycles. The number of unbranched alkanes of at least 4 members (excludes halogenated alkanes) is 1. The predicted octanol–water partition coefficient (Wildman–Crippen LogP) is 5.12. The van der Waals surface area contributed by atoms with Gasteiger partial charge in [0.15, 0.2) is 11.5 Å². The lowest BCUT2D eigenvalue weighted by Gasteiger charge is -2.19. The topological polar surface area (TPSA) is 30.5 Å². The molecule has 24 heavy (non-hydrogen) atoms. The number of hydrogen-bond donors (Lipinski definition) is 1. The van der Waals surface area contributed by atoms with Gasteiger partial charge in [-0.2, -0.15) is 0 Å². The van der Waals surface area contributed by atoms with Crippen LogP contribution in [-0.2, 0) is 6.61 Å². The number of nitrogens with one attached hydrogen (secondary N) is 1. The molecule has 130 valence electrons. The molecule has 3 nitrogen and oxygen atoms in total. The first-order chi connectivity index (χ1) is 11.8. The van der Waals surface area contributed by atoms with E-state index in [1.807, 2.05) is 24.3 Å². The summed E-state index contributed by atoms with van der Waals surface area (Å²) < 4.78 is 11.5. The zero-order valence-electron chi connectivity index (χ0n) is 15.0. The highest BCUT2D eigenvalue weighted by Gasteiger charge is 2.12. The summed E-state index contributed by atoms with van der Waals surface area (Å²) in [6.45, 7) is 6.01. The minimum absolute atomic E-state index is 0.355. The molecule has 0 saturated heterocycles. The number of methoxy groups -OCH3 is 1. The molecule has 0 amide bonds. The molecule has 0 aliphatic rings. The summed E-state index contributed by atoms with van der Waals surface area (Å²) in [5, 5.41) is 3.62. The van der Waals surface area contributed by atoms with E-state index in [9.17, 15) is 0 Å². The van der Waals surface area contributed by atoms with Crippen molar-refractivity contribution in [3.8, 4) is 11.5 Å². The molecular weight excluding hydrogens is 298 g/mol. The maximum Gasteiger partial charge on any atom is 0.161 e. The van der Waals surface area contributed by atoms with Crippen LogP contribution in [0.4, 0.5) is 0 Å². The van der Waals surface area contributed by atoms with Crippen LogP contribution in [0.2, 0.25) is 0 Å². The molecule has 0 heterocycles. The van der Waals surface area contributed by atoms with Gasteiger partial charge in [-0.15, -0.1) is 0 Å². The average Bonchev–Trinajstić information content (AvgIpc) is 2.64. The lowest BCUT2D eigenvalue weighted by molar-refractivity contribution is 0.284. The van der Waals surface area contributed by atoms with E-state index in [1.165, 1.54) is 18.4 Å². The molecule has 0 unspecified atom stereocenters. The first-order valence-electron chi connectivity index (χ1n) is 8.86. The van der Waals surface area contributed by atoms with Crippen LogP contribution in [0.5, 0.6) is 11.5 Å². The Morgan fingerprint density at radius 3 is 2.46 bits per heavy atom. The molecule has 1 atom stereocenters. The van der Waals surface area contributed by atoms with Gasteiger partial charge in [0.1, 0.15) is 6.61 Å². The van der Waals surface area contributed by atoms with Crippen LogP contribution in [0.25, 0.3) is 0 Å². The molecule has 0 fully saturated rings. The summed E-state index contributed by atoms with van der Waals surface area (Å²) in [7, 11) is 1.69. The molecule has 0 aliphatic heterocycles. The summed E-state index contributed by atoms with van der Waals surface area (Å²) in [6, 6.07) is 16.8. The predicted molar refractivity (Wildman–Crippen MR) is 99.7 cm³/mol. The fourth-order valence-electron chi connectivity index (χ4n) is 2.71. The van der Waals surface area contributed by atoms with Crippen LogP contribution >= 0.6 is 0 Å². The van der Waals surface area contributed by atoms with Crippen molar-refractivity contribution in [1.82, 2.24) is 5.32 Å². The van der Waals surface area contributed by atoms with Crippen LogP contribution < -0.4 is 14.8 Å². The molecule has 0 saturated carbocycles. The molecule has 1 N–H and O–H groups in total. The lowest BCUT2D eigenvalue weighted by Crippen LogP contribution is -2.21. The Morgan fingerprint density at radius 2 is 1.79 bits per heavy atom. The molecule has 0 spiro atoms. The Kier molecular flexibility index (Phi) is 7.63. The van der Waals surface area contributed by atoms with Crippen molar-refractivity contribution in [2.24, 2.45) is 0 Å². The fraction of sp³-hybridized carbons (Fsp3) is 0.429. The summed E-state index contributed by atoms with van der Waals surface area (Å²) in [6.07, 6.45) is 3.46. The van der Waals surface area contributed by atoms with E-state index in [4.69, 9.17) is 9.47 Å². The Bertz CT molecular complexity index is 598. The number of ether oxygens (including phenoxy) is 2. The third kappa shape index (κ3) is 5.27. The largest absolute Gasteiger partial charge is 0.493 e. The zero-order valence-corrected chi connectivity index (χ0v) is 15.0. The van der Waals surface area contributed by atoms with E-state index in [0.29, 0.717) is 12.6 Å². The van der Waals surface area contributed by atoms with Crippen LogP contribution in [0, 0.1) is 0 Å². The van der Waals surface area contributed by atoms with Crippen LogP contribution in [0.1, 0.15) is 50.3 Å². The van der Waals surface area contributed by atoms with Crippen molar-refractivity contribution in [2.45, 2.75) is 45.8 Å². The fourth-order valence-corrected chi connectivity index (χ4v) is 2.71. The first-order valence-corrected chi connectivity index (χ1v) is 8.86. The first kappa shape index (κ1) is 18.3. The number of rotatable bonds is 10. The monoisotopic (exact) mass is 327 g/mol. The molecule has 2 rings (SSSR count). The number of hydrogen-bond acceptors (Lipinski definition) is 3. The molecule has 3 heteroatoms. The highest BCUT2D eigenvalue weighted by atomic mass is 16.5. The summed E-state index contributed by atoms with van der Waals surface area (Å²) in [5.41, 5.74) is 2.40. The third-order valence-electron chi connectivity index (χ3n) is 4.16. The Hall–Kier alpha value is -2.00. The van der Waals surface area contributed by atoms with Gasteiger partial charge in [-0.1, -0.05) is 56.7 Å². The van der Waals surface area contributed by atoms with Gasteiger partial charge in [0, 0.05) is 6.04 Å². The van der Waals surface area contributed by atoms with Crippen molar-refractivity contribution in [3.05, 3.63) is 59.7 Å². The van der Waals surface area contributed by atoms with E-state index < -0.39 is 0 Å². The summed E-state index contributed by atoms with van der Waals surface area (Å²) in [5.74, 6) is 1.58. The highest BCUT2D eigenvalue weighted by molar-refractivity contribution is 5.44. The van der Waals surface area contributed by atoms with Gasteiger partial charge >= 0.3 is 0 Å². The zero-order chi connectivity index (χ0) is 17.2. The van der Waals surface area contributed by atoms with Gasteiger partial charge < -0.3 is 14.8 Å². The van der Waals surface area contributed by atoms with E-state index in [-0.39, 0.29) is 0 Å².